The lowest BCUT2D eigenvalue weighted by atomic mass is 10.1. The van der Waals surface area contributed by atoms with Crippen LogP contribution < -0.4 is 11.1 Å². The Morgan fingerprint density at radius 1 is 1.47 bits per heavy atom. The number of nitrogens with two attached hydrogens (primary N) is 1. The zero-order valence-corrected chi connectivity index (χ0v) is 9.68. The molecule has 0 aliphatic rings. The Kier molecular flexibility index (Phi) is 3.35. The number of carbonyl (C=O) groups excluding carboxylic acids is 1. The Bertz CT molecular complexity index is 539. The molecule has 17 heavy (non-hydrogen) atoms. The van der Waals surface area contributed by atoms with E-state index in [4.69, 9.17) is 5.73 Å². The van der Waals surface area contributed by atoms with Crippen molar-refractivity contribution < 1.29 is 4.79 Å². The summed E-state index contributed by atoms with van der Waals surface area (Å²) >= 11 is 0. The van der Waals surface area contributed by atoms with Gasteiger partial charge in [0.1, 0.15) is 0 Å². The summed E-state index contributed by atoms with van der Waals surface area (Å²) in [6.45, 7) is 2.14. The molecule has 1 atom stereocenters. The maximum Gasteiger partial charge on any atom is 0.228 e. The highest BCUT2D eigenvalue weighted by molar-refractivity contribution is 5.94. The first-order valence-electron chi connectivity index (χ1n) is 5.56. The van der Waals surface area contributed by atoms with Crippen molar-refractivity contribution in [2.75, 3.05) is 11.9 Å². The van der Waals surface area contributed by atoms with Crippen molar-refractivity contribution in [3.63, 3.8) is 0 Å². The smallest absolute Gasteiger partial charge is 0.228 e. The van der Waals surface area contributed by atoms with Gasteiger partial charge in [-0.1, -0.05) is 25.1 Å². The zero-order valence-electron chi connectivity index (χ0n) is 9.68. The summed E-state index contributed by atoms with van der Waals surface area (Å²) in [5.74, 6) is -0.272. The highest BCUT2D eigenvalue weighted by atomic mass is 16.1. The van der Waals surface area contributed by atoms with Gasteiger partial charge in [0, 0.05) is 17.8 Å². The molecule has 1 aromatic carbocycles. The molecule has 0 spiro atoms. The molecule has 0 fully saturated rings. The maximum atomic E-state index is 11.7. The summed E-state index contributed by atoms with van der Waals surface area (Å²) < 4.78 is 0. The lowest BCUT2D eigenvalue weighted by molar-refractivity contribution is -0.119. The van der Waals surface area contributed by atoms with Gasteiger partial charge < -0.3 is 11.1 Å². The standard InChI is InChI=1S/C13H15N3O/c1-9(7-14)13(17)16-11-6-10-4-2-3-5-12(10)15-8-11/h2-6,8-9H,7,14H2,1H3,(H,16,17). The predicted molar refractivity (Wildman–Crippen MR) is 68.6 cm³/mol. The van der Waals surface area contributed by atoms with Crippen molar-refractivity contribution in [3.05, 3.63) is 36.5 Å². The van der Waals surface area contributed by atoms with Gasteiger partial charge >= 0.3 is 0 Å². The van der Waals surface area contributed by atoms with E-state index in [1.807, 2.05) is 30.3 Å². The molecular formula is C13H15N3O. The van der Waals surface area contributed by atoms with Crippen LogP contribution in [0.15, 0.2) is 36.5 Å². The van der Waals surface area contributed by atoms with Crippen LogP contribution in [0.25, 0.3) is 10.9 Å². The first kappa shape index (κ1) is 11.5. The molecule has 0 bridgehead atoms. The highest BCUT2D eigenvalue weighted by Gasteiger charge is 2.10. The van der Waals surface area contributed by atoms with E-state index in [1.165, 1.54) is 0 Å². The molecule has 0 aliphatic heterocycles. The molecule has 1 heterocycles. The van der Waals surface area contributed by atoms with Crippen molar-refractivity contribution in [2.24, 2.45) is 11.7 Å². The third-order valence-electron chi connectivity index (χ3n) is 2.66. The second-order valence-electron chi connectivity index (χ2n) is 4.04. The summed E-state index contributed by atoms with van der Waals surface area (Å²) in [5, 5.41) is 3.81. The third kappa shape index (κ3) is 2.60. The molecule has 1 unspecified atom stereocenters. The average molecular weight is 229 g/mol. The molecule has 0 aliphatic carbocycles. The average Bonchev–Trinajstić information content (AvgIpc) is 2.37. The second-order valence-corrected chi connectivity index (χ2v) is 4.04. The van der Waals surface area contributed by atoms with Gasteiger partial charge in [-0.2, -0.15) is 0 Å². The van der Waals surface area contributed by atoms with Crippen molar-refractivity contribution in [2.45, 2.75) is 6.92 Å². The number of hydrogen-bond acceptors (Lipinski definition) is 3. The van der Waals surface area contributed by atoms with Crippen molar-refractivity contribution in [1.82, 2.24) is 4.98 Å². The number of anilines is 1. The van der Waals surface area contributed by atoms with Crippen LogP contribution in [-0.4, -0.2) is 17.4 Å². The number of rotatable bonds is 3. The quantitative estimate of drug-likeness (QED) is 0.842. The Balaban J connectivity index is 2.22. The fourth-order valence-corrected chi connectivity index (χ4v) is 1.51. The van der Waals surface area contributed by atoms with Gasteiger partial charge in [0.05, 0.1) is 17.4 Å². The van der Waals surface area contributed by atoms with E-state index >= 15 is 0 Å². The Hall–Kier alpha value is -1.94. The number of amides is 1. The lowest BCUT2D eigenvalue weighted by Crippen LogP contribution is -2.26. The number of fused-ring (bicyclic) bond motifs is 1. The maximum absolute atomic E-state index is 11.7. The van der Waals surface area contributed by atoms with Gasteiger partial charge in [-0.15, -0.1) is 0 Å². The monoisotopic (exact) mass is 229 g/mol. The lowest BCUT2D eigenvalue weighted by Gasteiger charge is -2.10. The molecule has 2 rings (SSSR count). The van der Waals surface area contributed by atoms with E-state index in [0.717, 1.165) is 10.9 Å². The fraction of sp³-hybridized carbons (Fsp3) is 0.231. The molecule has 2 aromatic rings. The van der Waals surface area contributed by atoms with E-state index in [1.54, 1.807) is 13.1 Å². The molecule has 0 saturated heterocycles. The molecule has 88 valence electrons. The van der Waals surface area contributed by atoms with E-state index in [0.29, 0.717) is 12.2 Å². The molecule has 0 radical (unpaired) electrons. The summed E-state index contributed by atoms with van der Waals surface area (Å²) in [4.78, 5) is 15.9. The second kappa shape index (κ2) is 4.93. The largest absolute Gasteiger partial charge is 0.330 e. The van der Waals surface area contributed by atoms with Crippen LogP contribution in [0.5, 0.6) is 0 Å². The molecule has 4 nitrogen and oxygen atoms in total. The Morgan fingerprint density at radius 3 is 3.00 bits per heavy atom. The molecule has 1 aromatic heterocycles. The van der Waals surface area contributed by atoms with Crippen LogP contribution in [0.4, 0.5) is 5.69 Å². The number of hydrogen-bond donors (Lipinski definition) is 2. The third-order valence-corrected chi connectivity index (χ3v) is 2.66. The summed E-state index contributed by atoms with van der Waals surface area (Å²) in [6, 6.07) is 9.68. The van der Waals surface area contributed by atoms with Crippen molar-refractivity contribution in [3.8, 4) is 0 Å². The van der Waals surface area contributed by atoms with Gasteiger partial charge in [-0.25, -0.2) is 0 Å². The van der Waals surface area contributed by atoms with Crippen molar-refractivity contribution in [1.29, 1.82) is 0 Å². The molecule has 0 saturated carbocycles. The first-order chi connectivity index (χ1) is 8.20. The van der Waals surface area contributed by atoms with Crippen LogP contribution in [0.1, 0.15) is 6.92 Å². The van der Waals surface area contributed by atoms with E-state index in [2.05, 4.69) is 10.3 Å². The van der Waals surface area contributed by atoms with E-state index in [9.17, 15) is 4.79 Å². The number of nitrogens with zero attached hydrogens (tertiary/aromatic N) is 1. The predicted octanol–water partition coefficient (Wildman–Crippen LogP) is 1.77. The number of nitrogens with one attached hydrogen (secondary N) is 1. The van der Waals surface area contributed by atoms with Gasteiger partial charge in [0.15, 0.2) is 0 Å². The van der Waals surface area contributed by atoms with Crippen LogP contribution in [0.2, 0.25) is 0 Å². The van der Waals surface area contributed by atoms with E-state index in [-0.39, 0.29) is 11.8 Å². The number of carbonyl (C=O) groups is 1. The number of pyridine rings is 1. The van der Waals surface area contributed by atoms with Crippen molar-refractivity contribution >= 4 is 22.5 Å². The fourth-order valence-electron chi connectivity index (χ4n) is 1.51. The topological polar surface area (TPSA) is 68.0 Å². The number of aromatic nitrogens is 1. The normalized spacial score (nSPS) is 12.4. The van der Waals surface area contributed by atoms with E-state index < -0.39 is 0 Å². The summed E-state index contributed by atoms with van der Waals surface area (Å²) in [5.41, 5.74) is 7.06. The van der Waals surface area contributed by atoms with Crippen LogP contribution in [0, 0.1) is 5.92 Å². The number of para-hydroxylation sites is 1. The van der Waals surface area contributed by atoms with Crippen LogP contribution >= 0.6 is 0 Å². The number of benzene rings is 1. The highest BCUT2D eigenvalue weighted by Crippen LogP contribution is 2.16. The molecule has 3 N–H and O–H groups in total. The Morgan fingerprint density at radius 2 is 2.24 bits per heavy atom. The van der Waals surface area contributed by atoms with Gasteiger partial charge in [0.25, 0.3) is 0 Å². The van der Waals surface area contributed by atoms with Gasteiger partial charge in [0.2, 0.25) is 5.91 Å². The molecule has 1 amide bonds. The minimum absolute atomic E-state index is 0.0791. The van der Waals surface area contributed by atoms with Gasteiger partial charge in [-0.05, 0) is 12.1 Å². The SMILES string of the molecule is CC(CN)C(=O)Nc1cnc2ccccc2c1. The molecular weight excluding hydrogens is 214 g/mol. The van der Waals surface area contributed by atoms with Gasteiger partial charge in [-0.3, -0.25) is 9.78 Å². The summed E-state index contributed by atoms with van der Waals surface area (Å²) in [6.07, 6.45) is 1.66. The molecule has 4 heteroatoms. The Labute approximate surface area is 99.8 Å². The first-order valence-corrected chi connectivity index (χ1v) is 5.56. The minimum atomic E-state index is -0.193. The zero-order chi connectivity index (χ0) is 12.3. The summed E-state index contributed by atoms with van der Waals surface area (Å²) in [7, 11) is 0. The minimum Gasteiger partial charge on any atom is -0.330 e. The van der Waals surface area contributed by atoms with Crippen LogP contribution in [0.3, 0.4) is 0 Å². The van der Waals surface area contributed by atoms with Crippen LogP contribution in [-0.2, 0) is 4.79 Å².